The maximum atomic E-state index is 8.85. The SMILES string of the molecule is COc1cccc(N(C)c2ccnc(C#N)c2)c1. The van der Waals surface area contributed by atoms with Crippen LogP contribution in [0.1, 0.15) is 5.69 Å². The summed E-state index contributed by atoms with van der Waals surface area (Å²) in [4.78, 5) is 5.93. The number of methoxy groups -OCH3 is 1. The molecule has 0 aliphatic carbocycles. The van der Waals surface area contributed by atoms with Crippen LogP contribution < -0.4 is 9.64 Å². The predicted molar refractivity (Wildman–Crippen MR) is 70.0 cm³/mol. The van der Waals surface area contributed by atoms with E-state index in [2.05, 4.69) is 4.98 Å². The molecule has 0 amide bonds. The first-order valence-electron chi connectivity index (χ1n) is 5.48. The first kappa shape index (κ1) is 11.9. The van der Waals surface area contributed by atoms with Gasteiger partial charge in [-0.05, 0) is 24.3 Å². The Labute approximate surface area is 106 Å². The van der Waals surface area contributed by atoms with Gasteiger partial charge in [0.15, 0.2) is 0 Å². The molecule has 0 radical (unpaired) electrons. The molecule has 0 saturated heterocycles. The Kier molecular flexibility index (Phi) is 3.44. The second-order valence-electron chi connectivity index (χ2n) is 3.77. The molecule has 0 aliphatic heterocycles. The molecular formula is C14H13N3O. The molecule has 0 saturated carbocycles. The first-order valence-corrected chi connectivity index (χ1v) is 5.48. The molecule has 0 N–H and O–H groups in total. The Hall–Kier alpha value is -2.54. The maximum absolute atomic E-state index is 8.85. The molecule has 0 atom stereocenters. The highest BCUT2D eigenvalue weighted by molar-refractivity contribution is 5.64. The number of nitrogens with zero attached hydrogens (tertiary/aromatic N) is 3. The Morgan fingerprint density at radius 2 is 2.00 bits per heavy atom. The van der Waals surface area contributed by atoms with Crippen LogP contribution in [0.5, 0.6) is 5.75 Å². The van der Waals surface area contributed by atoms with E-state index in [4.69, 9.17) is 10.00 Å². The molecule has 0 bridgehead atoms. The lowest BCUT2D eigenvalue weighted by Crippen LogP contribution is -2.09. The third-order valence-corrected chi connectivity index (χ3v) is 2.69. The van der Waals surface area contributed by atoms with E-state index in [0.29, 0.717) is 5.69 Å². The number of nitriles is 1. The molecule has 0 unspecified atom stereocenters. The topological polar surface area (TPSA) is 49.1 Å². The van der Waals surface area contributed by atoms with Gasteiger partial charge in [-0.1, -0.05) is 6.07 Å². The second-order valence-corrected chi connectivity index (χ2v) is 3.77. The van der Waals surface area contributed by atoms with Crippen LogP contribution in [-0.2, 0) is 0 Å². The standard InChI is InChI=1S/C14H13N3O/c1-17(12-4-3-5-14(9-12)18-2)13-6-7-16-11(8-13)10-15/h3-9H,1-2H3. The van der Waals surface area contributed by atoms with E-state index >= 15 is 0 Å². The quantitative estimate of drug-likeness (QED) is 0.826. The molecule has 0 aliphatic rings. The van der Waals surface area contributed by atoms with Crippen molar-refractivity contribution in [3.05, 3.63) is 48.3 Å². The Balaban J connectivity index is 2.35. The smallest absolute Gasteiger partial charge is 0.142 e. The van der Waals surface area contributed by atoms with E-state index in [1.54, 1.807) is 19.4 Å². The monoisotopic (exact) mass is 239 g/mol. The largest absolute Gasteiger partial charge is 0.497 e. The number of hydrogen-bond donors (Lipinski definition) is 0. The lowest BCUT2D eigenvalue weighted by molar-refractivity contribution is 0.415. The second kappa shape index (κ2) is 5.19. The van der Waals surface area contributed by atoms with Gasteiger partial charge in [0.05, 0.1) is 7.11 Å². The maximum Gasteiger partial charge on any atom is 0.142 e. The van der Waals surface area contributed by atoms with E-state index in [1.807, 2.05) is 48.3 Å². The van der Waals surface area contributed by atoms with Gasteiger partial charge in [0, 0.05) is 30.7 Å². The average molecular weight is 239 g/mol. The van der Waals surface area contributed by atoms with Crippen molar-refractivity contribution < 1.29 is 4.74 Å². The summed E-state index contributed by atoms with van der Waals surface area (Å²) in [6.07, 6.45) is 1.63. The molecule has 1 aromatic carbocycles. The zero-order chi connectivity index (χ0) is 13.0. The van der Waals surface area contributed by atoms with E-state index in [-0.39, 0.29) is 0 Å². The molecule has 0 spiro atoms. The number of benzene rings is 1. The molecule has 1 heterocycles. The molecule has 1 aromatic heterocycles. The lowest BCUT2D eigenvalue weighted by atomic mass is 10.2. The molecule has 0 fully saturated rings. The normalized spacial score (nSPS) is 9.61. The summed E-state index contributed by atoms with van der Waals surface area (Å²) in [5, 5.41) is 8.85. The van der Waals surface area contributed by atoms with Crippen LogP contribution in [-0.4, -0.2) is 19.1 Å². The van der Waals surface area contributed by atoms with Gasteiger partial charge in [0.2, 0.25) is 0 Å². The zero-order valence-corrected chi connectivity index (χ0v) is 10.3. The van der Waals surface area contributed by atoms with Crippen molar-refractivity contribution in [2.45, 2.75) is 0 Å². The zero-order valence-electron chi connectivity index (χ0n) is 10.3. The van der Waals surface area contributed by atoms with Crippen molar-refractivity contribution in [3.63, 3.8) is 0 Å². The summed E-state index contributed by atoms with van der Waals surface area (Å²) in [7, 11) is 3.57. The fraction of sp³-hybridized carbons (Fsp3) is 0.143. The lowest BCUT2D eigenvalue weighted by Gasteiger charge is -2.19. The van der Waals surface area contributed by atoms with Gasteiger partial charge in [-0.3, -0.25) is 0 Å². The van der Waals surface area contributed by atoms with Crippen molar-refractivity contribution in [2.75, 3.05) is 19.1 Å². The Bertz CT molecular complexity index is 590. The van der Waals surface area contributed by atoms with Crippen molar-refractivity contribution in [3.8, 4) is 11.8 Å². The summed E-state index contributed by atoms with van der Waals surface area (Å²) < 4.78 is 5.19. The van der Waals surface area contributed by atoms with Crippen LogP contribution >= 0.6 is 0 Å². The minimum Gasteiger partial charge on any atom is -0.497 e. The molecule has 90 valence electrons. The molecule has 4 nitrogen and oxygen atoms in total. The highest BCUT2D eigenvalue weighted by Crippen LogP contribution is 2.26. The molecule has 18 heavy (non-hydrogen) atoms. The number of aromatic nitrogens is 1. The van der Waals surface area contributed by atoms with E-state index < -0.39 is 0 Å². The van der Waals surface area contributed by atoms with Crippen LogP contribution in [0.25, 0.3) is 0 Å². The van der Waals surface area contributed by atoms with Crippen LogP contribution in [0.2, 0.25) is 0 Å². The fourth-order valence-electron chi connectivity index (χ4n) is 1.66. The highest BCUT2D eigenvalue weighted by atomic mass is 16.5. The predicted octanol–water partition coefficient (Wildman–Crippen LogP) is 2.73. The van der Waals surface area contributed by atoms with Gasteiger partial charge in [-0.15, -0.1) is 0 Å². The first-order chi connectivity index (χ1) is 8.74. The van der Waals surface area contributed by atoms with Gasteiger partial charge >= 0.3 is 0 Å². The van der Waals surface area contributed by atoms with E-state index in [1.165, 1.54) is 0 Å². The van der Waals surface area contributed by atoms with Crippen molar-refractivity contribution in [1.82, 2.24) is 4.98 Å². The highest BCUT2D eigenvalue weighted by Gasteiger charge is 2.06. The number of rotatable bonds is 3. The molecule has 2 rings (SSSR count). The number of anilines is 2. The number of pyridine rings is 1. The van der Waals surface area contributed by atoms with Gasteiger partial charge in [-0.2, -0.15) is 5.26 Å². The number of hydrogen-bond acceptors (Lipinski definition) is 4. The van der Waals surface area contributed by atoms with Crippen LogP contribution in [0.15, 0.2) is 42.6 Å². The third-order valence-electron chi connectivity index (χ3n) is 2.69. The van der Waals surface area contributed by atoms with Gasteiger partial charge in [-0.25, -0.2) is 4.98 Å². The van der Waals surface area contributed by atoms with Gasteiger partial charge in [0.1, 0.15) is 17.5 Å². The molecule has 2 aromatic rings. The summed E-state index contributed by atoms with van der Waals surface area (Å²) in [5.41, 5.74) is 2.31. The van der Waals surface area contributed by atoms with Gasteiger partial charge < -0.3 is 9.64 Å². The van der Waals surface area contributed by atoms with E-state index in [9.17, 15) is 0 Å². The van der Waals surface area contributed by atoms with Gasteiger partial charge in [0.25, 0.3) is 0 Å². The Morgan fingerprint density at radius 1 is 1.22 bits per heavy atom. The van der Waals surface area contributed by atoms with Crippen molar-refractivity contribution in [1.29, 1.82) is 5.26 Å². The Morgan fingerprint density at radius 3 is 2.72 bits per heavy atom. The molecular weight excluding hydrogens is 226 g/mol. The average Bonchev–Trinajstić information content (AvgIpc) is 2.46. The summed E-state index contributed by atoms with van der Waals surface area (Å²) in [5.74, 6) is 0.800. The minimum absolute atomic E-state index is 0.405. The fourth-order valence-corrected chi connectivity index (χ4v) is 1.66. The summed E-state index contributed by atoms with van der Waals surface area (Å²) in [6.45, 7) is 0. The van der Waals surface area contributed by atoms with Crippen molar-refractivity contribution >= 4 is 11.4 Å². The minimum atomic E-state index is 0.405. The van der Waals surface area contributed by atoms with Crippen LogP contribution in [0.3, 0.4) is 0 Å². The van der Waals surface area contributed by atoms with E-state index in [0.717, 1.165) is 17.1 Å². The summed E-state index contributed by atoms with van der Waals surface area (Å²) in [6, 6.07) is 13.4. The van der Waals surface area contributed by atoms with Crippen LogP contribution in [0, 0.1) is 11.3 Å². The number of ether oxygens (including phenoxy) is 1. The third kappa shape index (κ3) is 2.41. The van der Waals surface area contributed by atoms with Crippen molar-refractivity contribution in [2.24, 2.45) is 0 Å². The molecule has 4 heteroatoms. The summed E-state index contributed by atoms with van der Waals surface area (Å²) >= 11 is 0. The van der Waals surface area contributed by atoms with Crippen LogP contribution in [0.4, 0.5) is 11.4 Å².